The number of amides is 1. The highest BCUT2D eigenvalue weighted by molar-refractivity contribution is 5.84. The number of hydrogen-bond acceptors (Lipinski definition) is 3. The van der Waals surface area contributed by atoms with Crippen molar-refractivity contribution in [3.05, 3.63) is 0 Å². The van der Waals surface area contributed by atoms with E-state index >= 15 is 0 Å². The lowest BCUT2D eigenvalue weighted by molar-refractivity contribution is -0.142. The van der Waals surface area contributed by atoms with Crippen LogP contribution in [-0.2, 0) is 9.53 Å². The summed E-state index contributed by atoms with van der Waals surface area (Å²) < 4.78 is 5.19. The summed E-state index contributed by atoms with van der Waals surface area (Å²) in [5, 5.41) is 12.0. The van der Waals surface area contributed by atoms with Gasteiger partial charge in [-0.05, 0) is 32.1 Å². The van der Waals surface area contributed by atoms with Crippen LogP contribution in [0.25, 0.3) is 0 Å². The van der Waals surface area contributed by atoms with Crippen molar-refractivity contribution in [2.45, 2.75) is 44.8 Å². The van der Waals surface area contributed by atoms with Crippen molar-refractivity contribution in [3.8, 4) is 0 Å². The number of nitrogens with one attached hydrogen (secondary N) is 1. The first-order chi connectivity index (χ1) is 7.01. The molecule has 1 rings (SSSR count). The van der Waals surface area contributed by atoms with E-state index < -0.39 is 5.60 Å². The number of carbonyl (C=O) groups is 1. The van der Waals surface area contributed by atoms with Gasteiger partial charge in [0, 0.05) is 13.7 Å². The van der Waals surface area contributed by atoms with Gasteiger partial charge in [-0.25, -0.2) is 0 Å². The van der Waals surface area contributed by atoms with Gasteiger partial charge in [-0.3, -0.25) is 4.79 Å². The van der Waals surface area contributed by atoms with Gasteiger partial charge < -0.3 is 15.2 Å². The largest absolute Gasteiger partial charge is 0.393 e. The number of aliphatic hydroxyl groups is 1. The van der Waals surface area contributed by atoms with E-state index in [2.05, 4.69) is 5.32 Å². The lowest BCUT2D eigenvalue weighted by Gasteiger charge is -2.33. The SMILES string of the molecule is CCC(C)(OC)C(=O)NCC1CC(O)C1. The van der Waals surface area contributed by atoms with Gasteiger partial charge >= 0.3 is 0 Å². The Morgan fingerprint density at radius 2 is 2.20 bits per heavy atom. The van der Waals surface area contributed by atoms with Crippen LogP contribution in [0.3, 0.4) is 0 Å². The first kappa shape index (κ1) is 12.5. The second kappa shape index (κ2) is 4.94. The maximum Gasteiger partial charge on any atom is 0.251 e. The molecule has 0 aromatic carbocycles. The van der Waals surface area contributed by atoms with Crippen LogP contribution < -0.4 is 5.32 Å². The van der Waals surface area contributed by atoms with Gasteiger partial charge in [-0.15, -0.1) is 0 Å². The average Bonchev–Trinajstić information content (AvgIpc) is 2.21. The minimum Gasteiger partial charge on any atom is -0.393 e. The van der Waals surface area contributed by atoms with E-state index in [0.717, 1.165) is 12.8 Å². The Kier molecular flexibility index (Phi) is 4.11. The molecule has 1 atom stereocenters. The molecule has 1 unspecified atom stereocenters. The molecule has 1 amide bonds. The van der Waals surface area contributed by atoms with E-state index in [1.165, 1.54) is 0 Å². The van der Waals surface area contributed by atoms with Crippen LogP contribution in [0.15, 0.2) is 0 Å². The van der Waals surface area contributed by atoms with Crippen LogP contribution in [0, 0.1) is 5.92 Å². The summed E-state index contributed by atoms with van der Waals surface area (Å²) in [6.45, 7) is 4.36. The standard InChI is InChI=1S/C11H21NO3/c1-4-11(2,15-3)10(14)12-7-8-5-9(13)6-8/h8-9,13H,4-7H2,1-3H3,(H,12,14). The van der Waals surface area contributed by atoms with Gasteiger partial charge in [-0.1, -0.05) is 6.92 Å². The molecule has 1 aliphatic rings. The highest BCUT2D eigenvalue weighted by Gasteiger charge is 2.33. The van der Waals surface area contributed by atoms with Gasteiger partial charge in [0.15, 0.2) is 0 Å². The maximum atomic E-state index is 11.8. The Morgan fingerprint density at radius 1 is 1.60 bits per heavy atom. The van der Waals surface area contributed by atoms with Gasteiger partial charge in [0.1, 0.15) is 5.60 Å². The molecule has 88 valence electrons. The third-order valence-electron chi connectivity index (χ3n) is 3.37. The van der Waals surface area contributed by atoms with E-state index in [-0.39, 0.29) is 12.0 Å². The maximum absolute atomic E-state index is 11.8. The second-order valence-corrected chi connectivity index (χ2v) is 4.49. The molecule has 0 saturated heterocycles. The van der Waals surface area contributed by atoms with E-state index in [1.807, 2.05) is 6.92 Å². The predicted molar refractivity (Wildman–Crippen MR) is 57.4 cm³/mol. The highest BCUT2D eigenvalue weighted by Crippen LogP contribution is 2.26. The Balaban J connectivity index is 2.29. The van der Waals surface area contributed by atoms with Crippen LogP contribution in [0.4, 0.5) is 0 Å². The number of aliphatic hydroxyl groups excluding tert-OH is 1. The quantitative estimate of drug-likeness (QED) is 0.709. The molecule has 15 heavy (non-hydrogen) atoms. The van der Waals surface area contributed by atoms with E-state index in [4.69, 9.17) is 9.84 Å². The van der Waals surface area contributed by atoms with Crippen LogP contribution in [0.5, 0.6) is 0 Å². The number of ether oxygens (including phenoxy) is 1. The van der Waals surface area contributed by atoms with Crippen molar-refractivity contribution in [1.82, 2.24) is 5.32 Å². The van der Waals surface area contributed by atoms with Crippen molar-refractivity contribution < 1.29 is 14.6 Å². The van der Waals surface area contributed by atoms with E-state index in [1.54, 1.807) is 14.0 Å². The topological polar surface area (TPSA) is 58.6 Å². The van der Waals surface area contributed by atoms with E-state index in [9.17, 15) is 4.79 Å². The van der Waals surface area contributed by atoms with Gasteiger partial charge in [0.2, 0.25) is 0 Å². The van der Waals surface area contributed by atoms with Gasteiger partial charge in [-0.2, -0.15) is 0 Å². The Morgan fingerprint density at radius 3 is 2.60 bits per heavy atom. The second-order valence-electron chi connectivity index (χ2n) is 4.49. The van der Waals surface area contributed by atoms with Crippen LogP contribution in [-0.4, -0.2) is 36.4 Å². The molecular formula is C11H21NO3. The van der Waals surface area contributed by atoms with Crippen molar-refractivity contribution >= 4 is 5.91 Å². The van der Waals surface area contributed by atoms with Crippen molar-refractivity contribution in [2.24, 2.45) is 5.92 Å². The van der Waals surface area contributed by atoms with Crippen LogP contribution >= 0.6 is 0 Å². The number of rotatable bonds is 5. The van der Waals surface area contributed by atoms with Crippen LogP contribution in [0.2, 0.25) is 0 Å². The lowest BCUT2D eigenvalue weighted by Crippen LogP contribution is -2.48. The minimum atomic E-state index is -0.720. The summed E-state index contributed by atoms with van der Waals surface area (Å²) in [7, 11) is 1.55. The average molecular weight is 215 g/mol. The molecular weight excluding hydrogens is 194 g/mol. The number of hydrogen-bond donors (Lipinski definition) is 2. The lowest BCUT2D eigenvalue weighted by atomic mass is 9.82. The van der Waals surface area contributed by atoms with Crippen molar-refractivity contribution in [3.63, 3.8) is 0 Å². The zero-order valence-corrected chi connectivity index (χ0v) is 9.75. The minimum absolute atomic E-state index is 0.0612. The zero-order valence-electron chi connectivity index (χ0n) is 9.75. The first-order valence-electron chi connectivity index (χ1n) is 5.53. The van der Waals surface area contributed by atoms with Gasteiger partial charge in [0.05, 0.1) is 6.10 Å². The third-order valence-corrected chi connectivity index (χ3v) is 3.37. The summed E-state index contributed by atoms with van der Waals surface area (Å²) in [5.41, 5.74) is -0.720. The van der Waals surface area contributed by atoms with Crippen LogP contribution in [0.1, 0.15) is 33.1 Å². The summed E-state index contributed by atoms with van der Waals surface area (Å²) in [6, 6.07) is 0. The summed E-state index contributed by atoms with van der Waals surface area (Å²) in [6.07, 6.45) is 2.10. The zero-order chi connectivity index (χ0) is 11.5. The molecule has 4 nitrogen and oxygen atoms in total. The molecule has 2 N–H and O–H groups in total. The fourth-order valence-electron chi connectivity index (χ4n) is 1.69. The fraction of sp³-hybridized carbons (Fsp3) is 0.909. The number of carbonyl (C=O) groups excluding carboxylic acids is 1. The molecule has 0 aromatic heterocycles. The monoisotopic (exact) mass is 215 g/mol. The Labute approximate surface area is 91.0 Å². The highest BCUT2D eigenvalue weighted by atomic mass is 16.5. The first-order valence-corrected chi connectivity index (χ1v) is 5.53. The summed E-state index contributed by atoms with van der Waals surface area (Å²) in [5.74, 6) is 0.371. The molecule has 0 aromatic rings. The molecule has 0 bridgehead atoms. The molecule has 4 heteroatoms. The summed E-state index contributed by atoms with van der Waals surface area (Å²) in [4.78, 5) is 11.8. The normalized spacial score (nSPS) is 29.1. The summed E-state index contributed by atoms with van der Waals surface area (Å²) >= 11 is 0. The van der Waals surface area contributed by atoms with Crippen molar-refractivity contribution in [1.29, 1.82) is 0 Å². The van der Waals surface area contributed by atoms with Gasteiger partial charge in [0.25, 0.3) is 5.91 Å². The molecule has 1 saturated carbocycles. The molecule has 0 aliphatic heterocycles. The number of methoxy groups -OCH3 is 1. The smallest absolute Gasteiger partial charge is 0.251 e. The fourth-order valence-corrected chi connectivity index (χ4v) is 1.69. The molecule has 0 spiro atoms. The molecule has 1 fully saturated rings. The molecule has 1 aliphatic carbocycles. The van der Waals surface area contributed by atoms with Crippen molar-refractivity contribution in [2.75, 3.05) is 13.7 Å². The predicted octanol–water partition coefficient (Wildman–Crippen LogP) is 0.689. The Bertz CT molecular complexity index is 220. The van der Waals surface area contributed by atoms with E-state index in [0.29, 0.717) is 18.9 Å². The molecule has 0 radical (unpaired) electrons. The Hall–Kier alpha value is -0.610. The molecule has 0 heterocycles. The third kappa shape index (κ3) is 2.92.